The van der Waals surface area contributed by atoms with Gasteiger partial charge >= 0.3 is 5.97 Å². The first kappa shape index (κ1) is 12.4. The number of imidazole rings is 1. The molecule has 0 spiro atoms. The van der Waals surface area contributed by atoms with Crippen LogP contribution in [-0.2, 0) is 11.3 Å². The van der Waals surface area contributed by atoms with Crippen LogP contribution < -0.4 is 0 Å². The van der Waals surface area contributed by atoms with Gasteiger partial charge < -0.3 is 9.30 Å². The van der Waals surface area contributed by atoms with Crippen molar-refractivity contribution in [3.8, 4) is 0 Å². The van der Waals surface area contributed by atoms with Gasteiger partial charge in [0.25, 0.3) is 0 Å². The molecule has 0 fully saturated rings. The molecule has 0 saturated carbocycles. The fourth-order valence-electron chi connectivity index (χ4n) is 1.76. The lowest BCUT2D eigenvalue weighted by atomic mass is 10.1. The van der Waals surface area contributed by atoms with Crippen molar-refractivity contribution in [3.05, 3.63) is 53.1 Å². The molecule has 1 heterocycles. The van der Waals surface area contributed by atoms with Gasteiger partial charge in [-0.25, -0.2) is 9.78 Å². The monoisotopic (exact) mass is 244 g/mol. The fraction of sp³-hybridized carbons (Fsp3) is 0.286. The van der Waals surface area contributed by atoms with Crippen LogP contribution in [0.5, 0.6) is 0 Å². The number of carbonyl (C=O) groups is 1. The van der Waals surface area contributed by atoms with Gasteiger partial charge in [0.15, 0.2) is 0 Å². The summed E-state index contributed by atoms with van der Waals surface area (Å²) in [5.41, 5.74) is 3.90. The van der Waals surface area contributed by atoms with E-state index in [1.54, 1.807) is 12.1 Å². The predicted molar refractivity (Wildman–Crippen MR) is 68.6 cm³/mol. The minimum absolute atomic E-state index is 0.309. The second-order valence-corrected chi connectivity index (χ2v) is 4.23. The Morgan fingerprint density at radius 2 is 1.94 bits per heavy atom. The van der Waals surface area contributed by atoms with Gasteiger partial charge in [0.2, 0.25) is 0 Å². The van der Waals surface area contributed by atoms with Crippen molar-refractivity contribution in [2.75, 3.05) is 7.11 Å². The first-order chi connectivity index (χ1) is 8.61. The van der Waals surface area contributed by atoms with Crippen molar-refractivity contribution >= 4 is 5.97 Å². The molecule has 0 amide bonds. The molecule has 1 aromatic carbocycles. The molecule has 4 nitrogen and oxygen atoms in total. The van der Waals surface area contributed by atoms with E-state index in [4.69, 9.17) is 0 Å². The van der Waals surface area contributed by atoms with Gasteiger partial charge in [-0.15, -0.1) is 0 Å². The fourth-order valence-corrected chi connectivity index (χ4v) is 1.76. The predicted octanol–water partition coefficient (Wildman–Crippen LogP) is 2.33. The van der Waals surface area contributed by atoms with Crippen LogP contribution in [0.15, 0.2) is 30.6 Å². The molecule has 18 heavy (non-hydrogen) atoms. The van der Waals surface area contributed by atoms with E-state index in [9.17, 15) is 4.79 Å². The second kappa shape index (κ2) is 5.04. The Bertz CT molecular complexity index is 556. The molecular formula is C14H16N2O2. The SMILES string of the molecule is COC(=O)c1ccc(Cn2cnc(C)c2C)cc1. The van der Waals surface area contributed by atoms with E-state index in [1.807, 2.05) is 32.3 Å². The number of nitrogens with zero attached hydrogens (tertiary/aromatic N) is 2. The number of rotatable bonds is 3. The molecule has 0 N–H and O–H groups in total. The third-order valence-electron chi connectivity index (χ3n) is 3.07. The van der Waals surface area contributed by atoms with Crippen LogP contribution in [0, 0.1) is 13.8 Å². The largest absolute Gasteiger partial charge is 0.465 e. The summed E-state index contributed by atoms with van der Waals surface area (Å²) < 4.78 is 6.75. The van der Waals surface area contributed by atoms with Gasteiger partial charge in [0, 0.05) is 12.2 Å². The number of methoxy groups -OCH3 is 1. The Balaban J connectivity index is 2.16. The van der Waals surface area contributed by atoms with Gasteiger partial charge in [-0.2, -0.15) is 0 Å². The number of ether oxygens (including phenoxy) is 1. The second-order valence-electron chi connectivity index (χ2n) is 4.23. The smallest absolute Gasteiger partial charge is 0.337 e. The Morgan fingerprint density at radius 1 is 1.28 bits per heavy atom. The zero-order valence-electron chi connectivity index (χ0n) is 10.8. The van der Waals surface area contributed by atoms with E-state index in [2.05, 4.69) is 14.3 Å². The lowest BCUT2D eigenvalue weighted by Gasteiger charge is -2.06. The molecule has 0 saturated heterocycles. The summed E-state index contributed by atoms with van der Waals surface area (Å²) in [6, 6.07) is 7.42. The van der Waals surface area contributed by atoms with E-state index in [0.29, 0.717) is 5.56 Å². The van der Waals surface area contributed by atoms with Gasteiger partial charge in [-0.1, -0.05) is 12.1 Å². The molecule has 0 bridgehead atoms. The van der Waals surface area contributed by atoms with Gasteiger partial charge in [0.1, 0.15) is 0 Å². The van der Waals surface area contributed by atoms with Crippen molar-refractivity contribution < 1.29 is 9.53 Å². The van der Waals surface area contributed by atoms with E-state index in [-0.39, 0.29) is 5.97 Å². The lowest BCUT2D eigenvalue weighted by molar-refractivity contribution is 0.0600. The highest BCUT2D eigenvalue weighted by Crippen LogP contribution is 2.10. The Morgan fingerprint density at radius 3 is 2.44 bits per heavy atom. The maximum atomic E-state index is 11.3. The maximum Gasteiger partial charge on any atom is 0.337 e. The van der Waals surface area contributed by atoms with Crippen molar-refractivity contribution in [1.82, 2.24) is 9.55 Å². The Kier molecular flexibility index (Phi) is 3.46. The zero-order valence-corrected chi connectivity index (χ0v) is 10.8. The molecule has 0 atom stereocenters. The number of hydrogen-bond acceptors (Lipinski definition) is 3. The first-order valence-electron chi connectivity index (χ1n) is 5.77. The average molecular weight is 244 g/mol. The van der Waals surface area contributed by atoms with E-state index in [1.165, 1.54) is 7.11 Å². The molecule has 0 aliphatic carbocycles. The lowest BCUT2D eigenvalue weighted by Crippen LogP contribution is -2.03. The Labute approximate surface area is 106 Å². The summed E-state index contributed by atoms with van der Waals surface area (Å²) in [6.07, 6.45) is 1.83. The first-order valence-corrected chi connectivity index (χ1v) is 5.77. The number of aryl methyl sites for hydroxylation is 1. The van der Waals surface area contributed by atoms with Crippen molar-refractivity contribution in [2.45, 2.75) is 20.4 Å². The van der Waals surface area contributed by atoms with Crippen LogP contribution in [-0.4, -0.2) is 22.6 Å². The van der Waals surface area contributed by atoms with Crippen LogP contribution in [0.4, 0.5) is 0 Å². The summed E-state index contributed by atoms with van der Waals surface area (Å²) in [4.78, 5) is 15.6. The third kappa shape index (κ3) is 2.42. The minimum Gasteiger partial charge on any atom is -0.465 e. The zero-order chi connectivity index (χ0) is 13.1. The maximum absolute atomic E-state index is 11.3. The van der Waals surface area contributed by atoms with Crippen LogP contribution in [0.2, 0.25) is 0 Å². The minimum atomic E-state index is -0.309. The highest BCUT2D eigenvalue weighted by atomic mass is 16.5. The summed E-state index contributed by atoms with van der Waals surface area (Å²) in [7, 11) is 1.38. The number of carbonyl (C=O) groups excluding carboxylic acids is 1. The van der Waals surface area contributed by atoms with Crippen molar-refractivity contribution in [3.63, 3.8) is 0 Å². The highest BCUT2D eigenvalue weighted by Gasteiger charge is 2.06. The topological polar surface area (TPSA) is 44.1 Å². The average Bonchev–Trinajstić information content (AvgIpc) is 2.71. The third-order valence-corrected chi connectivity index (χ3v) is 3.07. The van der Waals surface area contributed by atoms with Gasteiger partial charge in [-0.05, 0) is 31.5 Å². The molecule has 2 rings (SSSR count). The summed E-state index contributed by atoms with van der Waals surface area (Å²) in [5, 5.41) is 0. The van der Waals surface area contributed by atoms with Crippen molar-refractivity contribution in [2.24, 2.45) is 0 Å². The molecule has 2 aromatic rings. The summed E-state index contributed by atoms with van der Waals surface area (Å²) in [6.45, 7) is 4.80. The number of benzene rings is 1. The van der Waals surface area contributed by atoms with Crippen LogP contribution in [0.25, 0.3) is 0 Å². The normalized spacial score (nSPS) is 10.4. The van der Waals surface area contributed by atoms with Crippen molar-refractivity contribution in [1.29, 1.82) is 0 Å². The molecule has 1 aromatic heterocycles. The standard InChI is InChI=1S/C14H16N2O2/c1-10-11(2)16(9-15-10)8-12-4-6-13(7-5-12)14(17)18-3/h4-7,9H,8H2,1-3H3. The van der Waals surface area contributed by atoms with E-state index >= 15 is 0 Å². The number of aromatic nitrogens is 2. The molecule has 0 unspecified atom stereocenters. The molecule has 94 valence electrons. The van der Waals surface area contributed by atoms with Crippen LogP contribution in [0.3, 0.4) is 0 Å². The molecule has 4 heteroatoms. The highest BCUT2D eigenvalue weighted by molar-refractivity contribution is 5.89. The van der Waals surface area contributed by atoms with E-state index < -0.39 is 0 Å². The van der Waals surface area contributed by atoms with Crippen LogP contribution in [0.1, 0.15) is 27.3 Å². The van der Waals surface area contributed by atoms with E-state index in [0.717, 1.165) is 23.5 Å². The number of esters is 1. The molecule has 0 aliphatic rings. The quantitative estimate of drug-likeness (QED) is 0.778. The summed E-state index contributed by atoms with van der Waals surface area (Å²) in [5.74, 6) is -0.309. The molecule has 0 aliphatic heterocycles. The number of hydrogen-bond donors (Lipinski definition) is 0. The summed E-state index contributed by atoms with van der Waals surface area (Å²) >= 11 is 0. The van der Waals surface area contributed by atoms with Gasteiger partial charge in [-0.3, -0.25) is 0 Å². The Hall–Kier alpha value is -2.10. The van der Waals surface area contributed by atoms with Crippen LogP contribution >= 0.6 is 0 Å². The van der Waals surface area contributed by atoms with Gasteiger partial charge in [0.05, 0.1) is 24.7 Å². The molecule has 0 radical (unpaired) electrons. The molecular weight excluding hydrogens is 228 g/mol.